The molecule has 5 heteroatoms. The monoisotopic (exact) mass is 492 g/mol. The lowest BCUT2D eigenvalue weighted by atomic mass is 10.2. The normalized spacial score (nSPS) is 11.2. The summed E-state index contributed by atoms with van der Waals surface area (Å²) in [7, 11) is -2.91. The summed E-state index contributed by atoms with van der Waals surface area (Å²) in [4.78, 5) is 18.6. The van der Waals surface area contributed by atoms with Gasteiger partial charge in [0.25, 0.3) is 0 Å². The average Bonchev–Trinajstić information content (AvgIpc) is 3.00. The van der Waals surface area contributed by atoms with Gasteiger partial charge in [0.15, 0.2) is 8.07 Å². The van der Waals surface area contributed by atoms with Crippen molar-refractivity contribution in [2.45, 2.75) is 0 Å². The number of aromatic nitrogens is 4. The van der Waals surface area contributed by atoms with Gasteiger partial charge in [-0.2, -0.15) is 0 Å². The first-order valence-corrected chi connectivity index (χ1v) is 14.2. The molecule has 4 heterocycles. The van der Waals surface area contributed by atoms with Gasteiger partial charge in [-0.1, -0.05) is 72.8 Å². The van der Waals surface area contributed by atoms with E-state index in [4.69, 9.17) is 9.97 Å². The molecule has 4 nitrogen and oxygen atoms in total. The maximum Gasteiger partial charge on any atom is 0.181 e. The third-order valence-electron chi connectivity index (χ3n) is 6.75. The van der Waals surface area contributed by atoms with Crippen molar-refractivity contribution in [3.05, 3.63) is 146 Å². The van der Waals surface area contributed by atoms with Crippen molar-refractivity contribution in [3.8, 4) is 22.5 Å². The van der Waals surface area contributed by atoms with Crippen LogP contribution < -0.4 is 20.7 Å². The molecule has 0 saturated carbocycles. The summed E-state index contributed by atoms with van der Waals surface area (Å²) in [5, 5.41) is 4.99. The van der Waals surface area contributed by atoms with Gasteiger partial charge in [-0.25, -0.2) is 0 Å². The van der Waals surface area contributed by atoms with E-state index in [0.717, 1.165) is 22.5 Å². The Morgan fingerprint density at radius 2 is 0.838 bits per heavy atom. The van der Waals surface area contributed by atoms with Gasteiger partial charge in [0.1, 0.15) is 0 Å². The number of rotatable bonds is 6. The topological polar surface area (TPSA) is 51.6 Å². The second-order valence-corrected chi connectivity index (χ2v) is 12.5. The minimum absolute atomic E-state index is 0.905. The van der Waals surface area contributed by atoms with Gasteiger partial charge < -0.3 is 0 Å². The number of nitrogens with zero attached hydrogens (tertiary/aromatic N) is 4. The molecule has 0 N–H and O–H groups in total. The molecule has 2 aromatic carbocycles. The highest BCUT2D eigenvalue weighted by molar-refractivity contribution is 7.20. The summed E-state index contributed by atoms with van der Waals surface area (Å²) >= 11 is 0. The Labute approximate surface area is 217 Å². The Balaban J connectivity index is 1.80. The van der Waals surface area contributed by atoms with Crippen molar-refractivity contribution in [2.75, 3.05) is 0 Å². The molecule has 0 unspecified atom stereocenters. The summed E-state index contributed by atoms with van der Waals surface area (Å²) in [6.07, 6.45) is 11.4. The zero-order valence-electron chi connectivity index (χ0n) is 20.1. The van der Waals surface area contributed by atoms with Crippen LogP contribution in [0.25, 0.3) is 22.5 Å². The Kier molecular flexibility index (Phi) is 6.19. The molecule has 4 aromatic heterocycles. The maximum atomic E-state index is 4.74. The second-order valence-electron chi connectivity index (χ2n) is 8.75. The van der Waals surface area contributed by atoms with Crippen molar-refractivity contribution in [1.82, 2.24) is 19.9 Å². The van der Waals surface area contributed by atoms with Crippen molar-refractivity contribution >= 4 is 28.8 Å². The van der Waals surface area contributed by atoms with E-state index in [1.807, 2.05) is 61.4 Å². The molecule has 0 aliphatic carbocycles. The Morgan fingerprint density at radius 3 is 1.24 bits per heavy atom. The zero-order chi connectivity index (χ0) is 24.9. The van der Waals surface area contributed by atoms with E-state index in [0.29, 0.717) is 0 Å². The summed E-state index contributed by atoms with van der Waals surface area (Å²) in [5.41, 5.74) is 3.88. The number of hydrogen-bond acceptors (Lipinski definition) is 4. The SMILES string of the molecule is c1ccc([Si](c2ccccc2)(c2ccncc2-c2ccccn2)c2ccncc2-c2ccccn2)cc1. The van der Waals surface area contributed by atoms with Gasteiger partial charge in [-0.05, 0) is 57.1 Å². The van der Waals surface area contributed by atoms with Crippen molar-refractivity contribution in [3.63, 3.8) is 0 Å². The molecule has 0 saturated heterocycles. The Morgan fingerprint density at radius 1 is 0.405 bits per heavy atom. The molecular weight excluding hydrogens is 468 g/mol. The largest absolute Gasteiger partial charge is 0.264 e. The minimum atomic E-state index is -2.91. The van der Waals surface area contributed by atoms with Crippen LogP contribution in [0.3, 0.4) is 0 Å². The van der Waals surface area contributed by atoms with E-state index < -0.39 is 8.07 Å². The standard InChI is InChI=1S/C32H24N4Si/c1-3-11-25(12-4-1)37(26-13-5-2-6-14-26,31-17-21-33-23-27(31)29-15-7-9-19-35-29)32-18-22-34-24-28(32)30-16-8-10-20-36-30/h1-24H. The molecule has 0 aliphatic rings. The first kappa shape index (κ1) is 22.7. The van der Waals surface area contributed by atoms with Crippen LogP contribution in [-0.4, -0.2) is 28.0 Å². The molecule has 0 aliphatic heterocycles. The molecule has 0 fully saturated rings. The highest BCUT2D eigenvalue weighted by atomic mass is 28.3. The van der Waals surface area contributed by atoms with Crippen molar-refractivity contribution < 1.29 is 0 Å². The van der Waals surface area contributed by atoms with E-state index in [1.54, 1.807) is 0 Å². The minimum Gasteiger partial charge on any atom is -0.264 e. The fraction of sp³-hybridized carbons (Fsp3) is 0. The molecule has 176 valence electrons. The fourth-order valence-electron chi connectivity index (χ4n) is 5.21. The van der Waals surface area contributed by atoms with E-state index >= 15 is 0 Å². The Hall–Kier alpha value is -4.74. The summed E-state index contributed by atoms with van der Waals surface area (Å²) < 4.78 is 0. The Bertz CT molecular complexity index is 1480. The van der Waals surface area contributed by atoms with E-state index in [2.05, 4.69) is 94.9 Å². The van der Waals surface area contributed by atoms with Crippen LogP contribution in [0.15, 0.2) is 146 Å². The number of benzene rings is 2. The van der Waals surface area contributed by atoms with Gasteiger partial charge in [-0.3, -0.25) is 19.9 Å². The molecule has 6 aromatic rings. The lowest BCUT2D eigenvalue weighted by Gasteiger charge is -2.36. The van der Waals surface area contributed by atoms with Gasteiger partial charge in [0, 0.05) is 48.3 Å². The van der Waals surface area contributed by atoms with E-state index in [-0.39, 0.29) is 0 Å². The van der Waals surface area contributed by atoms with Crippen molar-refractivity contribution in [1.29, 1.82) is 0 Å². The van der Waals surface area contributed by atoms with E-state index in [9.17, 15) is 0 Å². The summed E-state index contributed by atoms with van der Waals surface area (Å²) in [6.45, 7) is 0. The predicted molar refractivity (Wildman–Crippen MR) is 152 cm³/mol. The first-order chi connectivity index (χ1) is 18.4. The quantitative estimate of drug-likeness (QED) is 0.330. The zero-order valence-corrected chi connectivity index (χ0v) is 21.1. The second kappa shape index (κ2) is 10.1. The lowest BCUT2D eigenvalue weighted by Crippen LogP contribution is -2.75. The van der Waals surface area contributed by atoms with Crippen LogP contribution in [0.5, 0.6) is 0 Å². The molecule has 0 spiro atoms. The smallest absolute Gasteiger partial charge is 0.181 e. The maximum absolute atomic E-state index is 4.74. The molecule has 0 radical (unpaired) electrons. The molecule has 6 rings (SSSR count). The molecule has 0 amide bonds. The van der Waals surface area contributed by atoms with E-state index in [1.165, 1.54) is 20.7 Å². The molecule has 0 bridgehead atoms. The first-order valence-electron chi connectivity index (χ1n) is 12.2. The predicted octanol–water partition coefficient (Wildman–Crippen LogP) is 3.98. The average molecular weight is 493 g/mol. The van der Waals surface area contributed by atoms with Crippen LogP contribution in [-0.2, 0) is 0 Å². The van der Waals surface area contributed by atoms with Crippen LogP contribution in [0.1, 0.15) is 0 Å². The fourth-order valence-corrected chi connectivity index (χ4v) is 10.3. The van der Waals surface area contributed by atoms with Gasteiger partial charge in [0.05, 0.1) is 11.4 Å². The van der Waals surface area contributed by atoms with Crippen LogP contribution in [0, 0.1) is 0 Å². The van der Waals surface area contributed by atoms with Gasteiger partial charge >= 0.3 is 0 Å². The van der Waals surface area contributed by atoms with Crippen LogP contribution in [0.2, 0.25) is 0 Å². The summed E-state index contributed by atoms with van der Waals surface area (Å²) in [6, 6.07) is 38.1. The van der Waals surface area contributed by atoms with Crippen LogP contribution in [0.4, 0.5) is 0 Å². The van der Waals surface area contributed by atoms with Gasteiger partial charge in [-0.15, -0.1) is 0 Å². The highest BCUT2D eigenvalue weighted by Gasteiger charge is 2.44. The lowest BCUT2D eigenvalue weighted by molar-refractivity contribution is 1.28. The third-order valence-corrected chi connectivity index (χ3v) is 11.6. The van der Waals surface area contributed by atoms with Crippen molar-refractivity contribution in [2.24, 2.45) is 0 Å². The number of pyridine rings is 4. The molecule has 0 atom stereocenters. The van der Waals surface area contributed by atoms with Gasteiger partial charge in [0.2, 0.25) is 0 Å². The third kappa shape index (κ3) is 4.05. The van der Waals surface area contributed by atoms with Crippen LogP contribution >= 0.6 is 0 Å². The molecular formula is C32H24N4Si. The summed E-state index contributed by atoms with van der Waals surface area (Å²) in [5.74, 6) is 0. The number of hydrogen-bond donors (Lipinski definition) is 0. The highest BCUT2D eigenvalue weighted by Crippen LogP contribution is 2.22. The molecule has 37 heavy (non-hydrogen) atoms.